The van der Waals surface area contributed by atoms with Gasteiger partial charge in [-0.05, 0) is 40.0 Å². The Labute approximate surface area is 110 Å². The van der Waals surface area contributed by atoms with Crippen molar-refractivity contribution in [3.8, 4) is 0 Å². The van der Waals surface area contributed by atoms with Crippen molar-refractivity contribution < 1.29 is 14.3 Å². The van der Waals surface area contributed by atoms with Crippen molar-refractivity contribution in [1.29, 1.82) is 0 Å². The number of Topliss-reactive ketones (excluding diaryl/α,β-unsaturated/α-hetero) is 1. The molecule has 0 amide bonds. The van der Waals surface area contributed by atoms with Gasteiger partial charge in [0.1, 0.15) is 11.4 Å². The van der Waals surface area contributed by atoms with Gasteiger partial charge in [-0.25, -0.2) is 0 Å². The molecule has 1 rings (SSSR count). The molecule has 0 aromatic carbocycles. The minimum atomic E-state index is -0.477. The summed E-state index contributed by atoms with van der Waals surface area (Å²) in [4.78, 5) is 23.9. The molecule has 1 saturated carbocycles. The Morgan fingerprint density at radius 3 is 2.56 bits per heavy atom. The fourth-order valence-electron chi connectivity index (χ4n) is 2.45. The Morgan fingerprint density at radius 1 is 1.39 bits per heavy atom. The normalized spacial score (nSPS) is 24.7. The van der Waals surface area contributed by atoms with Gasteiger partial charge < -0.3 is 4.74 Å². The second-order valence-corrected chi connectivity index (χ2v) is 6.04. The van der Waals surface area contributed by atoms with Gasteiger partial charge in [0.15, 0.2) is 0 Å². The molecule has 0 saturated heterocycles. The van der Waals surface area contributed by atoms with Crippen LogP contribution in [0.4, 0.5) is 0 Å². The highest BCUT2D eigenvalue weighted by Crippen LogP contribution is 2.30. The van der Waals surface area contributed by atoms with Crippen molar-refractivity contribution >= 4 is 11.8 Å². The van der Waals surface area contributed by atoms with Crippen molar-refractivity contribution in [1.82, 2.24) is 0 Å². The smallest absolute Gasteiger partial charge is 0.307 e. The fourth-order valence-corrected chi connectivity index (χ4v) is 2.45. The van der Waals surface area contributed by atoms with E-state index in [1.54, 1.807) is 6.08 Å². The maximum atomic E-state index is 12.2. The average molecular weight is 252 g/mol. The van der Waals surface area contributed by atoms with Gasteiger partial charge in [0, 0.05) is 11.8 Å². The summed E-state index contributed by atoms with van der Waals surface area (Å²) in [5, 5.41) is 0. The summed E-state index contributed by atoms with van der Waals surface area (Å²) in [5.41, 5.74) is -0.477. The predicted octanol–water partition coefficient (Wildman–Crippen LogP) is 3.28. The lowest BCUT2D eigenvalue weighted by atomic mass is 9.77. The lowest BCUT2D eigenvalue weighted by Crippen LogP contribution is -2.32. The van der Waals surface area contributed by atoms with E-state index in [0.29, 0.717) is 0 Å². The lowest BCUT2D eigenvalue weighted by Gasteiger charge is -2.27. The SMILES string of the molecule is C=CCC1CCCC(CC(=O)OC(C)(C)C)C1=O. The van der Waals surface area contributed by atoms with Gasteiger partial charge in [-0.1, -0.05) is 12.5 Å². The molecule has 0 heterocycles. The van der Waals surface area contributed by atoms with Gasteiger partial charge in [0.05, 0.1) is 6.42 Å². The highest BCUT2D eigenvalue weighted by Gasteiger charge is 2.32. The molecule has 0 aliphatic heterocycles. The molecule has 0 aromatic heterocycles. The first-order chi connectivity index (χ1) is 8.33. The van der Waals surface area contributed by atoms with E-state index in [-0.39, 0.29) is 30.0 Å². The Balaban J connectivity index is 2.53. The summed E-state index contributed by atoms with van der Waals surface area (Å²) in [6, 6.07) is 0. The summed E-state index contributed by atoms with van der Waals surface area (Å²) in [6.45, 7) is 9.20. The summed E-state index contributed by atoms with van der Waals surface area (Å²) < 4.78 is 5.27. The van der Waals surface area contributed by atoms with Gasteiger partial charge in [-0.2, -0.15) is 0 Å². The van der Waals surface area contributed by atoms with Gasteiger partial charge in [-0.15, -0.1) is 6.58 Å². The second kappa shape index (κ2) is 6.17. The summed E-state index contributed by atoms with van der Waals surface area (Å²) >= 11 is 0. The van der Waals surface area contributed by atoms with E-state index < -0.39 is 5.60 Å². The van der Waals surface area contributed by atoms with Crippen molar-refractivity contribution in [2.45, 2.75) is 58.5 Å². The molecule has 1 fully saturated rings. The van der Waals surface area contributed by atoms with Crippen molar-refractivity contribution in [3.05, 3.63) is 12.7 Å². The molecule has 3 heteroatoms. The summed E-state index contributed by atoms with van der Waals surface area (Å²) in [5.74, 6) is -0.144. The second-order valence-electron chi connectivity index (χ2n) is 6.04. The van der Waals surface area contributed by atoms with Crippen LogP contribution in [0.5, 0.6) is 0 Å². The van der Waals surface area contributed by atoms with Crippen LogP contribution in [0, 0.1) is 11.8 Å². The molecule has 0 spiro atoms. The molecule has 1 aliphatic rings. The molecule has 2 unspecified atom stereocenters. The molecule has 0 radical (unpaired) electrons. The third-order valence-corrected chi connectivity index (χ3v) is 3.19. The van der Waals surface area contributed by atoms with Crippen LogP contribution in [0.1, 0.15) is 52.9 Å². The summed E-state index contributed by atoms with van der Waals surface area (Å²) in [7, 11) is 0. The first-order valence-electron chi connectivity index (χ1n) is 6.70. The highest BCUT2D eigenvalue weighted by atomic mass is 16.6. The monoisotopic (exact) mass is 252 g/mol. The van der Waals surface area contributed by atoms with Crippen LogP contribution in [0.15, 0.2) is 12.7 Å². The average Bonchev–Trinajstić information content (AvgIpc) is 2.21. The van der Waals surface area contributed by atoms with E-state index in [2.05, 4.69) is 6.58 Å². The molecule has 102 valence electrons. The number of rotatable bonds is 4. The van der Waals surface area contributed by atoms with Crippen LogP contribution in [0.3, 0.4) is 0 Å². The molecule has 18 heavy (non-hydrogen) atoms. The first-order valence-corrected chi connectivity index (χ1v) is 6.70. The Kier molecular flexibility index (Phi) is 5.12. The van der Waals surface area contributed by atoms with E-state index in [0.717, 1.165) is 25.7 Å². The number of carbonyl (C=O) groups excluding carboxylic acids is 2. The molecule has 2 atom stereocenters. The zero-order valence-electron chi connectivity index (χ0n) is 11.7. The molecular weight excluding hydrogens is 228 g/mol. The minimum absolute atomic E-state index is 0.0590. The van der Waals surface area contributed by atoms with Crippen LogP contribution in [0.2, 0.25) is 0 Å². The van der Waals surface area contributed by atoms with Gasteiger partial charge in [0.25, 0.3) is 0 Å². The van der Waals surface area contributed by atoms with Crippen molar-refractivity contribution in [3.63, 3.8) is 0 Å². The van der Waals surface area contributed by atoms with Crippen LogP contribution in [0.25, 0.3) is 0 Å². The number of hydrogen-bond acceptors (Lipinski definition) is 3. The van der Waals surface area contributed by atoms with Crippen molar-refractivity contribution in [2.75, 3.05) is 0 Å². The quantitative estimate of drug-likeness (QED) is 0.569. The van der Waals surface area contributed by atoms with E-state index in [1.165, 1.54) is 0 Å². The maximum absolute atomic E-state index is 12.2. The van der Waals surface area contributed by atoms with Crippen LogP contribution < -0.4 is 0 Å². The van der Waals surface area contributed by atoms with Crippen LogP contribution in [-0.4, -0.2) is 17.4 Å². The Hall–Kier alpha value is -1.12. The van der Waals surface area contributed by atoms with Crippen molar-refractivity contribution in [2.24, 2.45) is 11.8 Å². The van der Waals surface area contributed by atoms with E-state index in [4.69, 9.17) is 4.74 Å². The largest absolute Gasteiger partial charge is 0.460 e. The molecule has 3 nitrogen and oxygen atoms in total. The first kappa shape index (κ1) is 14.9. The lowest BCUT2D eigenvalue weighted by molar-refractivity contribution is -0.158. The van der Waals surface area contributed by atoms with Gasteiger partial charge in [0.2, 0.25) is 0 Å². The number of carbonyl (C=O) groups is 2. The standard InChI is InChI=1S/C15H24O3/c1-5-7-11-8-6-9-12(14(11)17)10-13(16)18-15(2,3)4/h5,11-12H,1,6-10H2,2-4H3. The molecule has 0 aromatic rings. The molecule has 0 bridgehead atoms. The van der Waals surface area contributed by atoms with Gasteiger partial charge >= 0.3 is 5.97 Å². The zero-order valence-corrected chi connectivity index (χ0v) is 11.7. The zero-order chi connectivity index (χ0) is 13.8. The Bertz CT molecular complexity index is 325. The highest BCUT2D eigenvalue weighted by molar-refractivity contribution is 5.87. The molecular formula is C15H24O3. The molecule has 1 aliphatic carbocycles. The van der Waals surface area contributed by atoms with E-state index in [1.807, 2.05) is 20.8 Å². The minimum Gasteiger partial charge on any atom is -0.460 e. The number of hydrogen-bond donors (Lipinski definition) is 0. The van der Waals surface area contributed by atoms with Crippen LogP contribution >= 0.6 is 0 Å². The third-order valence-electron chi connectivity index (χ3n) is 3.19. The Morgan fingerprint density at radius 2 is 2.00 bits per heavy atom. The number of ether oxygens (including phenoxy) is 1. The van der Waals surface area contributed by atoms with E-state index >= 15 is 0 Å². The van der Waals surface area contributed by atoms with Gasteiger partial charge in [-0.3, -0.25) is 9.59 Å². The van der Waals surface area contributed by atoms with Crippen LogP contribution in [-0.2, 0) is 14.3 Å². The third kappa shape index (κ3) is 4.63. The predicted molar refractivity (Wildman–Crippen MR) is 71.1 cm³/mol. The van der Waals surface area contributed by atoms with E-state index in [9.17, 15) is 9.59 Å². The molecule has 0 N–H and O–H groups in total. The number of ketones is 1. The maximum Gasteiger partial charge on any atom is 0.307 e. The summed E-state index contributed by atoms with van der Waals surface area (Å²) in [6.07, 6.45) is 5.49. The topological polar surface area (TPSA) is 43.4 Å². The number of esters is 1. The number of allylic oxidation sites excluding steroid dienone is 1. The fraction of sp³-hybridized carbons (Fsp3) is 0.733.